The number of pyridine rings is 1. The number of nitrogens with zero attached hydrogens (tertiary/aromatic N) is 1. The molecule has 3 aromatic carbocycles. The van der Waals surface area contributed by atoms with Gasteiger partial charge in [0, 0.05) is 18.9 Å². The zero-order valence-corrected chi connectivity index (χ0v) is 23.3. The number of carbonyl (C=O) groups is 2. The molecule has 0 saturated carbocycles. The van der Waals surface area contributed by atoms with Crippen LogP contribution in [-0.2, 0) is 23.0 Å². The highest BCUT2D eigenvalue weighted by atomic mass is 35.5. The highest BCUT2D eigenvalue weighted by Gasteiger charge is 2.25. The van der Waals surface area contributed by atoms with Gasteiger partial charge < -0.3 is 19.4 Å². The van der Waals surface area contributed by atoms with Crippen molar-refractivity contribution in [1.29, 1.82) is 0 Å². The molecule has 0 unspecified atom stereocenters. The first-order chi connectivity index (χ1) is 18.8. The lowest BCUT2D eigenvalue weighted by Crippen LogP contribution is -2.43. The molecule has 1 aromatic heterocycles. The fourth-order valence-corrected chi connectivity index (χ4v) is 4.97. The summed E-state index contributed by atoms with van der Waals surface area (Å²) in [4.78, 5) is 38.9. The van der Waals surface area contributed by atoms with Crippen LogP contribution in [-0.4, -0.2) is 36.2 Å². The number of benzene rings is 3. The van der Waals surface area contributed by atoms with Crippen molar-refractivity contribution in [2.75, 3.05) is 13.7 Å². The Morgan fingerprint density at radius 2 is 1.64 bits per heavy atom. The summed E-state index contributed by atoms with van der Waals surface area (Å²) in [5.74, 6) is -0.663. The molecule has 0 radical (unpaired) electrons. The molecule has 4 rings (SSSR count). The monoisotopic (exact) mass is 566 g/mol. The minimum Gasteiger partial charge on any atom is -0.492 e. The Morgan fingerprint density at radius 3 is 2.28 bits per heavy atom. The number of halogens is 2. The van der Waals surface area contributed by atoms with Crippen LogP contribution in [0, 0.1) is 0 Å². The molecule has 0 bridgehead atoms. The second-order valence-corrected chi connectivity index (χ2v) is 9.80. The van der Waals surface area contributed by atoms with E-state index in [1.54, 1.807) is 54.1 Å². The van der Waals surface area contributed by atoms with Crippen LogP contribution in [0.4, 0.5) is 0 Å². The van der Waals surface area contributed by atoms with E-state index in [0.717, 1.165) is 22.9 Å². The number of carbonyl (C=O) groups excluding carboxylic acids is 2. The minimum absolute atomic E-state index is 0.0804. The third kappa shape index (κ3) is 5.95. The number of amides is 1. The normalized spacial score (nSPS) is 11.7. The lowest BCUT2D eigenvalue weighted by molar-refractivity contribution is -0.142. The minimum atomic E-state index is -0.988. The third-order valence-corrected chi connectivity index (χ3v) is 7.00. The van der Waals surface area contributed by atoms with Crippen LogP contribution < -0.4 is 15.6 Å². The first kappa shape index (κ1) is 28.2. The summed E-state index contributed by atoms with van der Waals surface area (Å²) in [6.45, 7) is 2.48. The Hall–Kier alpha value is -3.81. The molecular formula is C30H28Cl2N2O5. The van der Waals surface area contributed by atoms with Crippen molar-refractivity contribution < 1.29 is 19.1 Å². The average Bonchev–Trinajstić information content (AvgIpc) is 2.94. The zero-order chi connectivity index (χ0) is 28.1. The van der Waals surface area contributed by atoms with Crippen LogP contribution in [0.5, 0.6) is 5.75 Å². The molecule has 1 amide bonds. The van der Waals surface area contributed by atoms with Gasteiger partial charge in [-0.15, -0.1) is 0 Å². The van der Waals surface area contributed by atoms with Gasteiger partial charge in [0.2, 0.25) is 0 Å². The van der Waals surface area contributed by atoms with E-state index in [1.165, 1.54) is 7.11 Å². The number of para-hydroxylation sites is 1. The molecule has 0 saturated heterocycles. The van der Waals surface area contributed by atoms with Gasteiger partial charge >= 0.3 is 5.97 Å². The van der Waals surface area contributed by atoms with Crippen molar-refractivity contribution in [3.8, 4) is 16.9 Å². The predicted molar refractivity (Wildman–Crippen MR) is 154 cm³/mol. The van der Waals surface area contributed by atoms with Crippen molar-refractivity contribution in [2.45, 2.75) is 25.8 Å². The number of hydrogen-bond acceptors (Lipinski definition) is 5. The Balaban J connectivity index is 1.66. The zero-order valence-electron chi connectivity index (χ0n) is 21.8. The van der Waals surface area contributed by atoms with Gasteiger partial charge in [-0.2, -0.15) is 0 Å². The van der Waals surface area contributed by atoms with E-state index < -0.39 is 17.9 Å². The molecule has 9 heteroatoms. The Bertz CT molecular complexity index is 1560. The average molecular weight is 567 g/mol. The van der Waals surface area contributed by atoms with Crippen molar-refractivity contribution in [3.63, 3.8) is 0 Å². The molecule has 0 aliphatic carbocycles. The third-order valence-electron chi connectivity index (χ3n) is 6.37. The molecule has 4 aromatic rings. The van der Waals surface area contributed by atoms with Gasteiger partial charge in [-0.05, 0) is 41.8 Å². The molecule has 0 spiro atoms. The van der Waals surface area contributed by atoms with Crippen molar-refractivity contribution in [1.82, 2.24) is 9.88 Å². The molecular weight excluding hydrogens is 539 g/mol. The van der Waals surface area contributed by atoms with E-state index in [2.05, 4.69) is 5.32 Å². The number of ether oxygens (including phenoxy) is 2. The number of fused-ring (bicyclic) bond motifs is 1. The van der Waals surface area contributed by atoms with Gasteiger partial charge in [-0.3, -0.25) is 9.59 Å². The number of esters is 1. The van der Waals surface area contributed by atoms with E-state index in [0.29, 0.717) is 23.5 Å². The largest absolute Gasteiger partial charge is 0.492 e. The van der Waals surface area contributed by atoms with E-state index in [9.17, 15) is 14.4 Å². The van der Waals surface area contributed by atoms with Crippen LogP contribution in [0.15, 0.2) is 71.5 Å². The van der Waals surface area contributed by atoms with Crippen molar-refractivity contribution in [3.05, 3.63) is 98.3 Å². The molecule has 0 fully saturated rings. The maximum Gasteiger partial charge on any atom is 0.328 e. The molecule has 1 heterocycles. The summed E-state index contributed by atoms with van der Waals surface area (Å²) < 4.78 is 12.6. The van der Waals surface area contributed by atoms with E-state index in [1.807, 2.05) is 31.2 Å². The van der Waals surface area contributed by atoms with E-state index in [4.69, 9.17) is 32.7 Å². The van der Waals surface area contributed by atoms with Gasteiger partial charge in [0.1, 0.15) is 11.8 Å². The summed E-state index contributed by atoms with van der Waals surface area (Å²) >= 11 is 12.3. The van der Waals surface area contributed by atoms with Crippen LogP contribution in [0.3, 0.4) is 0 Å². The highest BCUT2D eigenvalue weighted by Crippen LogP contribution is 2.34. The molecule has 39 heavy (non-hydrogen) atoms. The maximum absolute atomic E-state index is 13.4. The fraction of sp³-hybridized carbons (Fsp3) is 0.233. The fourth-order valence-electron chi connectivity index (χ4n) is 4.40. The molecule has 7 nitrogen and oxygen atoms in total. The summed E-state index contributed by atoms with van der Waals surface area (Å²) in [6.07, 6.45) is 0.942. The van der Waals surface area contributed by atoms with Crippen molar-refractivity contribution >= 4 is 46.0 Å². The van der Waals surface area contributed by atoms with Gasteiger partial charge in [-0.1, -0.05) is 72.6 Å². The predicted octanol–water partition coefficient (Wildman–Crippen LogP) is 5.82. The number of rotatable bonds is 9. The first-order valence-corrected chi connectivity index (χ1v) is 13.2. The highest BCUT2D eigenvalue weighted by molar-refractivity contribution is 6.39. The van der Waals surface area contributed by atoms with E-state index in [-0.39, 0.29) is 27.6 Å². The number of methoxy groups -OCH3 is 1. The number of hydrogen-bond donors (Lipinski definition) is 1. The van der Waals surface area contributed by atoms with Gasteiger partial charge in [0.05, 0.1) is 40.4 Å². The van der Waals surface area contributed by atoms with Crippen LogP contribution >= 0.6 is 23.2 Å². The Morgan fingerprint density at radius 1 is 0.974 bits per heavy atom. The van der Waals surface area contributed by atoms with Gasteiger partial charge in [0.25, 0.3) is 11.5 Å². The molecule has 1 atom stereocenters. The summed E-state index contributed by atoms with van der Waals surface area (Å²) in [7, 11) is 2.99. The summed E-state index contributed by atoms with van der Waals surface area (Å²) in [6, 6.07) is 18.6. The van der Waals surface area contributed by atoms with Crippen LogP contribution in [0.1, 0.15) is 29.3 Å². The first-order valence-electron chi connectivity index (χ1n) is 12.4. The molecule has 1 N–H and O–H groups in total. The van der Waals surface area contributed by atoms with Crippen LogP contribution in [0.2, 0.25) is 10.0 Å². The Labute approximate surface area is 236 Å². The number of aryl methyl sites for hydroxylation is 1. The molecule has 0 aliphatic rings. The van der Waals surface area contributed by atoms with Gasteiger partial charge in [0.15, 0.2) is 0 Å². The van der Waals surface area contributed by atoms with Crippen LogP contribution in [0.25, 0.3) is 22.0 Å². The number of aromatic nitrogens is 1. The molecule has 0 aliphatic heterocycles. The summed E-state index contributed by atoms with van der Waals surface area (Å²) in [5, 5.41) is 3.86. The Kier molecular flexibility index (Phi) is 8.94. The molecule has 202 valence electrons. The van der Waals surface area contributed by atoms with Crippen molar-refractivity contribution in [2.24, 2.45) is 7.05 Å². The number of nitrogens with one attached hydrogen (secondary N) is 1. The lowest BCUT2D eigenvalue weighted by atomic mass is 9.99. The smallest absolute Gasteiger partial charge is 0.328 e. The van der Waals surface area contributed by atoms with Gasteiger partial charge in [-0.25, -0.2) is 4.79 Å². The van der Waals surface area contributed by atoms with E-state index >= 15 is 0 Å². The second-order valence-electron chi connectivity index (χ2n) is 8.98. The summed E-state index contributed by atoms with van der Waals surface area (Å²) in [5.41, 5.74) is 2.57. The topological polar surface area (TPSA) is 86.6 Å². The maximum atomic E-state index is 13.4. The quantitative estimate of drug-likeness (QED) is 0.258. The second kappa shape index (κ2) is 12.4. The standard InChI is InChI=1S/C30H28Cl2N2O5/c1-4-16-39-27-20-8-5-6-11-24(20)34(2)29(36)25(27)19-14-12-18(13-15-19)17-23(30(37)38-3)33-28(35)26-21(31)9-7-10-22(26)32/h5-15,23H,4,16-17H2,1-3H3,(H,33,35)/t23-/m0/s1. The lowest BCUT2D eigenvalue weighted by Gasteiger charge is -2.18. The SMILES string of the molecule is CCCOc1c(-c2ccc(C[C@H](NC(=O)c3c(Cl)cccc3Cl)C(=O)OC)cc2)c(=O)n(C)c2ccccc12.